The zero-order valence-corrected chi connectivity index (χ0v) is 24.7. The Morgan fingerprint density at radius 2 is 1.69 bits per heavy atom. The number of carboxylic acids is 1. The predicted molar refractivity (Wildman–Crippen MR) is 168 cm³/mol. The number of anilines is 1. The van der Waals surface area contributed by atoms with Crippen molar-refractivity contribution in [1.29, 1.82) is 0 Å². The number of benzene rings is 2. The Morgan fingerprint density at radius 3 is 2.36 bits per heavy atom. The molecule has 6 rings (SSSR count). The number of carboxylic acid groups (broad SMARTS) is 1. The van der Waals surface area contributed by atoms with Gasteiger partial charge < -0.3 is 19.5 Å². The van der Waals surface area contributed by atoms with E-state index in [0.717, 1.165) is 6.07 Å². The van der Waals surface area contributed by atoms with Gasteiger partial charge in [0.1, 0.15) is 32.2 Å². The summed E-state index contributed by atoms with van der Waals surface area (Å²) in [4.78, 5) is 26.5. The standard InChI is InChI=1S/C35H40N2O4Si/c1-35(2,3)41-34(40)23-10-13-26(33(38)39)29(20-23)32-27-14-11-24(36-16-6-7-17-36)21-30(27)42(4,5)31-22-25(12-15-28(31)32)37-18-8-9-19-37/h10-15,20-22H,6-9,16-19H2,1-5H3/i6D2,7D2,8D2,9D2,16D2,17D2,18D2,19D2. The molecule has 0 radical (unpaired) electrons. The van der Waals surface area contributed by atoms with Gasteiger partial charge in [0.05, 0.1) is 11.5 Å². The van der Waals surface area contributed by atoms with Crippen molar-refractivity contribution in [2.75, 3.05) is 30.9 Å². The van der Waals surface area contributed by atoms with Crippen LogP contribution < -0.4 is 15.2 Å². The molecule has 2 aromatic carbocycles. The normalized spacial score (nSPS) is 34.8. The molecular formula is C35H40N2O4Si. The zero-order chi connectivity index (χ0) is 44.2. The molecule has 7 heteroatoms. The average Bonchev–Trinajstić information content (AvgIpc) is 3.19. The van der Waals surface area contributed by atoms with Crippen LogP contribution in [0.25, 0.3) is 5.57 Å². The highest BCUT2D eigenvalue weighted by atomic mass is 28.3. The summed E-state index contributed by atoms with van der Waals surface area (Å²) in [5.74, 6) is -2.46. The Balaban J connectivity index is 1.73. The van der Waals surface area contributed by atoms with Crippen LogP contribution >= 0.6 is 0 Å². The molecule has 3 heterocycles. The first kappa shape index (κ1) is 15.1. The van der Waals surface area contributed by atoms with Gasteiger partial charge in [-0.25, -0.2) is 9.37 Å². The van der Waals surface area contributed by atoms with Gasteiger partial charge >= 0.3 is 5.97 Å². The van der Waals surface area contributed by atoms with Crippen LogP contribution in [0.5, 0.6) is 0 Å². The van der Waals surface area contributed by atoms with Crippen LogP contribution in [0.2, 0.25) is 13.1 Å². The smallest absolute Gasteiger partial charge is 0.338 e. The number of rotatable bonds is 4. The first-order chi connectivity index (χ1) is 26.0. The van der Waals surface area contributed by atoms with Crippen molar-refractivity contribution in [2.45, 2.75) is 65.0 Å². The minimum atomic E-state index is -3.40. The molecule has 6 nitrogen and oxygen atoms in total. The lowest BCUT2D eigenvalue weighted by Gasteiger charge is -2.38. The second-order valence-corrected chi connectivity index (χ2v) is 16.0. The van der Waals surface area contributed by atoms with Crippen LogP contribution in [0.4, 0.5) is 5.69 Å². The monoisotopic (exact) mass is 596 g/mol. The van der Waals surface area contributed by atoms with Crippen molar-refractivity contribution < 1.29 is 45.9 Å². The molecule has 2 aromatic rings. The second-order valence-electron chi connectivity index (χ2n) is 11.6. The van der Waals surface area contributed by atoms with Gasteiger partial charge in [-0.05, 0) is 96.5 Å². The molecule has 0 bridgehead atoms. The third-order valence-electron chi connectivity index (χ3n) is 7.35. The van der Waals surface area contributed by atoms with E-state index in [2.05, 4.69) is 0 Å². The van der Waals surface area contributed by atoms with Gasteiger partial charge in [0.15, 0.2) is 5.71 Å². The fourth-order valence-corrected chi connectivity index (χ4v) is 8.51. The number of hydrogen-bond donors (Lipinski definition) is 0. The number of carbonyl (C=O) groups is 2. The van der Waals surface area contributed by atoms with Crippen LogP contribution in [0.1, 0.15) is 100 Å². The molecule has 0 atom stereocenters. The van der Waals surface area contributed by atoms with E-state index >= 15 is 0 Å². The summed E-state index contributed by atoms with van der Waals surface area (Å²) in [7, 11) is -3.40. The molecule has 0 aromatic heterocycles. The maximum Gasteiger partial charge on any atom is 0.338 e. The van der Waals surface area contributed by atoms with Gasteiger partial charge in [-0.2, -0.15) is 0 Å². The Morgan fingerprint density at radius 1 is 0.976 bits per heavy atom. The number of carbonyl (C=O) groups excluding carboxylic acids is 2. The van der Waals surface area contributed by atoms with Crippen molar-refractivity contribution in [1.82, 2.24) is 0 Å². The summed E-state index contributed by atoms with van der Waals surface area (Å²) in [6, 6.07) is 7.64. The minimum absolute atomic E-state index is 0.0633. The Hall–Kier alpha value is -3.71. The summed E-state index contributed by atoms with van der Waals surface area (Å²) < 4.78 is 142. The van der Waals surface area contributed by atoms with Crippen LogP contribution in [0.3, 0.4) is 0 Å². The molecular weight excluding hydrogens is 540 g/mol. The molecule has 0 unspecified atom stereocenters. The molecule has 0 spiro atoms. The van der Waals surface area contributed by atoms with E-state index in [0.29, 0.717) is 31.0 Å². The molecule has 0 N–H and O–H groups in total. The van der Waals surface area contributed by atoms with Crippen LogP contribution in [-0.4, -0.2) is 61.9 Å². The molecule has 4 aliphatic rings. The van der Waals surface area contributed by atoms with Gasteiger partial charge in [0.25, 0.3) is 0 Å². The Labute approximate surface area is 272 Å². The summed E-state index contributed by atoms with van der Waals surface area (Å²) in [6.07, 6.45) is -9.50. The first-order valence-electron chi connectivity index (χ1n) is 21.3. The fourth-order valence-electron chi connectivity index (χ4n) is 5.44. The van der Waals surface area contributed by atoms with E-state index in [4.69, 9.17) is 26.7 Å². The lowest BCUT2D eigenvalue weighted by Crippen LogP contribution is -2.50. The Bertz CT molecular complexity index is 2270. The minimum Gasteiger partial charge on any atom is -0.545 e. The Kier molecular flexibility index (Phi) is 3.80. The largest absolute Gasteiger partial charge is 0.545 e. The quantitative estimate of drug-likeness (QED) is 0.293. The van der Waals surface area contributed by atoms with Gasteiger partial charge in [-0.1, -0.05) is 25.2 Å². The summed E-state index contributed by atoms with van der Waals surface area (Å²) in [5.41, 5.74) is -1.30. The van der Waals surface area contributed by atoms with Crippen molar-refractivity contribution in [3.05, 3.63) is 87.6 Å². The van der Waals surface area contributed by atoms with E-state index in [1.165, 1.54) is 48.6 Å². The number of esters is 1. The third kappa shape index (κ3) is 5.08. The summed E-state index contributed by atoms with van der Waals surface area (Å²) in [6.45, 7) is -4.61. The predicted octanol–water partition coefficient (Wildman–Crippen LogP) is 4.62. The van der Waals surface area contributed by atoms with Crippen molar-refractivity contribution in [3.8, 4) is 0 Å². The van der Waals surface area contributed by atoms with Gasteiger partial charge in [0.2, 0.25) is 0 Å². The van der Waals surface area contributed by atoms with Crippen LogP contribution in [0, 0.1) is 0 Å². The zero-order valence-electron chi connectivity index (χ0n) is 39.7. The van der Waals surface area contributed by atoms with E-state index in [-0.39, 0.29) is 28.1 Å². The second kappa shape index (κ2) is 10.5. The summed E-state index contributed by atoms with van der Waals surface area (Å²) in [5, 5.41) is 13.4. The average molecular weight is 597 g/mol. The lowest BCUT2D eigenvalue weighted by molar-refractivity contribution is -0.504. The van der Waals surface area contributed by atoms with Crippen molar-refractivity contribution in [3.63, 3.8) is 0 Å². The molecule has 2 fully saturated rings. The SMILES string of the molecule is [2H]C1([2H])N(c2ccc3c(c2)[Si](C)(C)C2=CC(=[N+]4C([2H])([2H])C([2H])([2H])C([2H])([2H])C4([2H])[2H])C=CC2=C3c2cc(C(=O)OC(C)(C)C)ccc2C(=O)[O-])C([2H])([2H])C([2H])([2H])C1([2H])[2H]. The van der Waals surface area contributed by atoms with Gasteiger partial charge in [-0.3, -0.25) is 0 Å². The van der Waals surface area contributed by atoms with Gasteiger partial charge in [0, 0.05) is 65.6 Å². The first-order valence-corrected chi connectivity index (χ1v) is 16.3. The topological polar surface area (TPSA) is 72.7 Å². The molecule has 2 saturated heterocycles. The van der Waals surface area contributed by atoms with E-state index in [1.807, 2.05) is 0 Å². The van der Waals surface area contributed by atoms with Gasteiger partial charge in [-0.15, -0.1) is 0 Å². The maximum absolute atomic E-state index is 13.3. The molecule has 0 amide bonds. The van der Waals surface area contributed by atoms with Crippen LogP contribution in [-0.2, 0) is 4.74 Å². The highest BCUT2D eigenvalue weighted by molar-refractivity contribution is 6.98. The van der Waals surface area contributed by atoms with E-state index in [1.54, 1.807) is 33.9 Å². The number of ether oxygens (including phenoxy) is 1. The maximum atomic E-state index is 13.3. The molecule has 218 valence electrons. The third-order valence-corrected chi connectivity index (χ3v) is 10.9. The van der Waals surface area contributed by atoms with E-state index in [9.17, 15) is 14.7 Å². The number of hydrogen-bond acceptors (Lipinski definition) is 5. The van der Waals surface area contributed by atoms with Crippen molar-refractivity contribution >= 4 is 42.2 Å². The number of nitrogens with zero attached hydrogens (tertiary/aromatic N) is 2. The molecule has 3 aliphatic heterocycles. The summed E-state index contributed by atoms with van der Waals surface area (Å²) >= 11 is 0. The van der Waals surface area contributed by atoms with E-state index < -0.39 is 82.7 Å². The number of allylic oxidation sites excluding steroid dienone is 5. The molecule has 0 saturated carbocycles. The number of aromatic carboxylic acids is 1. The number of fused-ring (bicyclic) bond motifs is 2. The van der Waals surface area contributed by atoms with Crippen LogP contribution in [0.15, 0.2) is 65.4 Å². The lowest BCUT2D eigenvalue weighted by atomic mass is 9.86. The molecule has 42 heavy (non-hydrogen) atoms. The molecule has 1 aliphatic carbocycles. The fraction of sp³-hybridized carbons (Fsp3) is 0.400. The van der Waals surface area contributed by atoms with Crippen molar-refractivity contribution in [2.24, 2.45) is 0 Å². The highest BCUT2D eigenvalue weighted by Gasteiger charge is 2.41. The highest BCUT2D eigenvalue weighted by Crippen LogP contribution is 2.43.